The lowest BCUT2D eigenvalue weighted by Gasteiger charge is -2.15. The molecule has 2 aromatic heterocycles. The largest absolute Gasteiger partial charge is 0.313 e. The molecule has 0 atom stereocenters. The van der Waals surface area contributed by atoms with Crippen molar-refractivity contribution in [2.75, 3.05) is 11.9 Å². The second kappa shape index (κ2) is 4.72. The maximum atomic E-state index is 12.5. The summed E-state index contributed by atoms with van der Waals surface area (Å²) in [6, 6.07) is 7.83. The zero-order valence-corrected chi connectivity index (χ0v) is 12.3. The van der Waals surface area contributed by atoms with E-state index in [1.807, 2.05) is 42.8 Å². The van der Waals surface area contributed by atoms with Gasteiger partial charge in [-0.1, -0.05) is 12.1 Å². The highest BCUT2D eigenvalue weighted by atomic mass is 32.1. The van der Waals surface area contributed by atoms with Crippen molar-refractivity contribution in [3.05, 3.63) is 40.9 Å². The van der Waals surface area contributed by atoms with Crippen LogP contribution in [0, 0.1) is 6.92 Å². The molecule has 3 rings (SSSR count). The molecule has 0 unspecified atom stereocenters. The number of anilines is 1. The van der Waals surface area contributed by atoms with Gasteiger partial charge in [-0.2, -0.15) is 4.37 Å². The van der Waals surface area contributed by atoms with Gasteiger partial charge in [-0.15, -0.1) is 0 Å². The second-order valence-electron chi connectivity index (χ2n) is 4.64. The molecule has 6 heteroatoms. The van der Waals surface area contributed by atoms with E-state index in [1.54, 1.807) is 17.3 Å². The van der Waals surface area contributed by atoms with Crippen molar-refractivity contribution in [2.45, 2.75) is 6.92 Å². The zero-order chi connectivity index (χ0) is 14.3. The van der Waals surface area contributed by atoms with Gasteiger partial charge in [-0.05, 0) is 30.6 Å². The van der Waals surface area contributed by atoms with Gasteiger partial charge in [0, 0.05) is 19.5 Å². The van der Waals surface area contributed by atoms with Gasteiger partial charge in [-0.3, -0.25) is 9.69 Å². The van der Waals surface area contributed by atoms with Crippen LogP contribution in [0.15, 0.2) is 29.6 Å². The Bertz CT molecular complexity index is 789. The number of imidazole rings is 1. The Morgan fingerprint density at radius 3 is 2.75 bits per heavy atom. The van der Waals surface area contributed by atoms with Crippen LogP contribution in [0.5, 0.6) is 0 Å². The molecule has 0 radical (unpaired) electrons. The molecule has 3 aromatic rings. The fourth-order valence-electron chi connectivity index (χ4n) is 2.20. The second-order valence-corrected chi connectivity index (χ2v) is 5.27. The molecule has 0 fully saturated rings. The number of aromatic nitrogens is 3. The fraction of sp³-hybridized carbons (Fsp3) is 0.214. The fourth-order valence-corrected chi connectivity index (χ4v) is 2.89. The molecule has 0 saturated carbocycles. The topological polar surface area (TPSA) is 51.0 Å². The molecule has 0 aliphatic rings. The van der Waals surface area contributed by atoms with Crippen molar-refractivity contribution in [3.63, 3.8) is 0 Å². The predicted molar refractivity (Wildman–Crippen MR) is 80.3 cm³/mol. The van der Waals surface area contributed by atoms with Crippen LogP contribution >= 0.6 is 11.5 Å². The van der Waals surface area contributed by atoms with Crippen LogP contribution in [0.1, 0.15) is 16.1 Å². The summed E-state index contributed by atoms with van der Waals surface area (Å²) in [5.74, 6) is 0.538. The van der Waals surface area contributed by atoms with Crippen molar-refractivity contribution in [1.82, 2.24) is 13.9 Å². The summed E-state index contributed by atoms with van der Waals surface area (Å²) < 4.78 is 6.06. The van der Waals surface area contributed by atoms with E-state index in [1.165, 1.54) is 11.5 Å². The van der Waals surface area contributed by atoms with Crippen molar-refractivity contribution >= 4 is 34.4 Å². The van der Waals surface area contributed by atoms with Gasteiger partial charge in [0.25, 0.3) is 5.91 Å². The molecule has 0 N–H and O–H groups in total. The van der Waals surface area contributed by atoms with Crippen LogP contribution in [-0.2, 0) is 7.05 Å². The average molecular weight is 286 g/mol. The summed E-state index contributed by atoms with van der Waals surface area (Å²) >= 11 is 1.29. The minimum atomic E-state index is -0.0883. The van der Waals surface area contributed by atoms with E-state index in [2.05, 4.69) is 9.36 Å². The summed E-state index contributed by atoms with van der Waals surface area (Å²) in [5, 5.41) is 1.77. The van der Waals surface area contributed by atoms with E-state index in [-0.39, 0.29) is 5.91 Å². The first-order chi connectivity index (χ1) is 9.59. The number of aryl methyl sites for hydroxylation is 2. The van der Waals surface area contributed by atoms with Crippen molar-refractivity contribution < 1.29 is 4.79 Å². The van der Waals surface area contributed by atoms with Crippen LogP contribution in [-0.4, -0.2) is 26.9 Å². The number of carbonyl (C=O) groups excluding carboxylic acids is 1. The average Bonchev–Trinajstić information content (AvgIpc) is 3.02. The predicted octanol–water partition coefficient (Wildman–Crippen LogP) is 2.61. The Morgan fingerprint density at radius 1 is 1.35 bits per heavy atom. The van der Waals surface area contributed by atoms with E-state index >= 15 is 0 Å². The van der Waals surface area contributed by atoms with Crippen molar-refractivity contribution in [2.24, 2.45) is 7.05 Å². The Morgan fingerprint density at radius 2 is 2.10 bits per heavy atom. The van der Waals surface area contributed by atoms with Gasteiger partial charge in [0.05, 0.1) is 22.3 Å². The van der Waals surface area contributed by atoms with E-state index < -0.39 is 0 Å². The normalized spacial score (nSPS) is 10.9. The van der Waals surface area contributed by atoms with Crippen LogP contribution in [0.2, 0.25) is 0 Å². The van der Waals surface area contributed by atoms with E-state index in [4.69, 9.17) is 0 Å². The minimum absolute atomic E-state index is 0.0883. The molecule has 5 nitrogen and oxygen atoms in total. The number of fused-ring (bicyclic) bond motifs is 1. The molecular formula is C14H14N4OS. The van der Waals surface area contributed by atoms with Gasteiger partial charge in [0.1, 0.15) is 0 Å². The van der Waals surface area contributed by atoms with E-state index in [9.17, 15) is 4.79 Å². The summed E-state index contributed by atoms with van der Waals surface area (Å²) in [4.78, 5) is 18.6. The first-order valence-electron chi connectivity index (χ1n) is 6.20. The first kappa shape index (κ1) is 12.8. The van der Waals surface area contributed by atoms with E-state index in [0.717, 1.165) is 16.7 Å². The SMILES string of the molecule is Cc1nscc1C(=O)N(C)c1nc2ccccc2n1C. The number of carbonyl (C=O) groups is 1. The van der Waals surface area contributed by atoms with Gasteiger partial charge in [0.15, 0.2) is 0 Å². The number of rotatable bonds is 2. The van der Waals surface area contributed by atoms with Gasteiger partial charge in [0.2, 0.25) is 5.95 Å². The van der Waals surface area contributed by atoms with Gasteiger partial charge < -0.3 is 4.57 Å². The Hall–Kier alpha value is -2.21. The highest BCUT2D eigenvalue weighted by Crippen LogP contribution is 2.22. The maximum absolute atomic E-state index is 12.5. The van der Waals surface area contributed by atoms with Crippen LogP contribution in [0.3, 0.4) is 0 Å². The molecular weight excluding hydrogens is 272 g/mol. The quantitative estimate of drug-likeness (QED) is 0.727. The smallest absolute Gasteiger partial charge is 0.263 e. The molecule has 102 valence electrons. The Kier molecular flexibility index (Phi) is 3.02. The molecule has 2 heterocycles. The monoisotopic (exact) mass is 286 g/mol. The molecule has 1 amide bonds. The summed E-state index contributed by atoms with van der Waals surface area (Å²) in [5.41, 5.74) is 3.27. The molecule has 0 aliphatic heterocycles. The minimum Gasteiger partial charge on any atom is -0.313 e. The molecule has 1 aromatic carbocycles. The highest BCUT2D eigenvalue weighted by molar-refractivity contribution is 7.04. The number of hydrogen-bond acceptors (Lipinski definition) is 4. The Balaban J connectivity index is 2.05. The summed E-state index contributed by atoms with van der Waals surface area (Å²) in [6.45, 7) is 1.84. The molecule has 0 spiro atoms. The van der Waals surface area contributed by atoms with Crippen molar-refractivity contribution in [1.29, 1.82) is 0 Å². The zero-order valence-electron chi connectivity index (χ0n) is 11.5. The molecule has 0 saturated heterocycles. The number of para-hydroxylation sites is 2. The number of benzene rings is 1. The maximum Gasteiger partial charge on any atom is 0.263 e. The molecule has 0 bridgehead atoms. The first-order valence-corrected chi connectivity index (χ1v) is 7.03. The molecule has 0 aliphatic carbocycles. The van der Waals surface area contributed by atoms with Crippen molar-refractivity contribution in [3.8, 4) is 0 Å². The molecule has 20 heavy (non-hydrogen) atoms. The lowest BCUT2D eigenvalue weighted by molar-refractivity contribution is 0.0990. The Labute approximate surface area is 120 Å². The van der Waals surface area contributed by atoms with Crippen LogP contribution in [0.4, 0.5) is 5.95 Å². The third-order valence-corrected chi connectivity index (χ3v) is 4.07. The number of hydrogen-bond donors (Lipinski definition) is 0. The number of nitrogens with zero attached hydrogens (tertiary/aromatic N) is 4. The third kappa shape index (κ3) is 1.89. The van der Waals surface area contributed by atoms with Crippen LogP contribution in [0.25, 0.3) is 11.0 Å². The summed E-state index contributed by atoms with van der Waals surface area (Å²) in [6.07, 6.45) is 0. The number of amides is 1. The highest BCUT2D eigenvalue weighted by Gasteiger charge is 2.21. The third-order valence-electron chi connectivity index (χ3n) is 3.35. The van der Waals surface area contributed by atoms with Crippen LogP contribution < -0.4 is 4.90 Å². The van der Waals surface area contributed by atoms with Gasteiger partial charge in [-0.25, -0.2) is 4.98 Å². The standard InChI is InChI=1S/C14H14N4OS/c1-9-10(8-20-16-9)13(19)18(3)14-15-11-6-4-5-7-12(11)17(14)2/h4-8H,1-3H3. The lowest BCUT2D eigenvalue weighted by Crippen LogP contribution is -2.28. The van der Waals surface area contributed by atoms with Gasteiger partial charge >= 0.3 is 0 Å². The lowest BCUT2D eigenvalue weighted by atomic mass is 10.2. The summed E-state index contributed by atoms with van der Waals surface area (Å²) in [7, 11) is 3.65. The van der Waals surface area contributed by atoms with E-state index in [0.29, 0.717) is 11.5 Å².